The van der Waals surface area contributed by atoms with E-state index >= 15 is 0 Å². The highest BCUT2D eigenvalue weighted by atomic mass is 16.5. The van der Waals surface area contributed by atoms with Gasteiger partial charge >= 0.3 is 6.03 Å². The summed E-state index contributed by atoms with van der Waals surface area (Å²) in [5.41, 5.74) is 3.71. The molecule has 0 aliphatic rings. The standard InChI is InChI=1S/C23H27N3O4/c1-15-11-16(2)18-13-17(22(28)24-20(18)12-15)14-26(9-6-10-27)23(29)25-19-7-4-5-8-21(19)30-3/h4-5,7-8,11-13,27H,6,9-10,14H2,1-3H3,(H,24,28)(H,25,29). The number of hydrogen-bond donors (Lipinski definition) is 3. The van der Waals surface area contributed by atoms with Gasteiger partial charge < -0.3 is 25.0 Å². The summed E-state index contributed by atoms with van der Waals surface area (Å²) in [6, 6.07) is 12.6. The number of anilines is 1. The van der Waals surface area contributed by atoms with Gasteiger partial charge in [-0.1, -0.05) is 18.2 Å². The Labute approximate surface area is 175 Å². The molecule has 3 aromatic rings. The molecule has 3 rings (SSSR count). The molecule has 0 atom stereocenters. The van der Waals surface area contributed by atoms with Crippen molar-refractivity contribution in [2.75, 3.05) is 25.6 Å². The number of hydrogen-bond acceptors (Lipinski definition) is 4. The number of H-pyrrole nitrogens is 1. The Bertz CT molecular complexity index is 1110. The number of ether oxygens (including phenoxy) is 1. The Morgan fingerprint density at radius 3 is 2.70 bits per heavy atom. The zero-order valence-electron chi connectivity index (χ0n) is 17.5. The molecule has 0 aliphatic carbocycles. The molecule has 0 bridgehead atoms. The lowest BCUT2D eigenvalue weighted by molar-refractivity contribution is 0.199. The Kier molecular flexibility index (Phi) is 6.74. The molecule has 1 heterocycles. The highest BCUT2D eigenvalue weighted by Crippen LogP contribution is 2.24. The fourth-order valence-electron chi connectivity index (χ4n) is 3.50. The second-order valence-corrected chi connectivity index (χ2v) is 7.30. The number of aliphatic hydroxyl groups excluding tert-OH is 1. The van der Waals surface area contributed by atoms with Crippen LogP contribution in [0, 0.1) is 13.8 Å². The van der Waals surface area contributed by atoms with Crippen molar-refractivity contribution in [2.24, 2.45) is 0 Å². The number of aliphatic hydroxyl groups is 1. The van der Waals surface area contributed by atoms with Gasteiger partial charge in [0.05, 0.1) is 19.3 Å². The first-order valence-corrected chi connectivity index (χ1v) is 9.86. The summed E-state index contributed by atoms with van der Waals surface area (Å²) in [6.45, 7) is 4.36. The molecular formula is C23H27N3O4. The molecule has 0 fully saturated rings. The quantitative estimate of drug-likeness (QED) is 0.556. The van der Waals surface area contributed by atoms with E-state index < -0.39 is 0 Å². The SMILES string of the molecule is COc1ccccc1NC(=O)N(CCCO)Cc1cc2c(C)cc(C)cc2[nH]c1=O. The Morgan fingerprint density at radius 1 is 1.20 bits per heavy atom. The second kappa shape index (κ2) is 9.45. The van der Waals surface area contributed by atoms with Gasteiger partial charge in [-0.15, -0.1) is 0 Å². The number of aryl methyl sites for hydroxylation is 2. The van der Waals surface area contributed by atoms with E-state index in [2.05, 4.69) is 16.4 Å². The Balaban J connectivity index is 1.90. The van der Waals surface area contributed by atoms with Crippen LogP contribution in [0.1, 0.15) is 23.1 Å². The number of carbonyl (C=O) groups is 1. The Hall–Kier alpha value is -3.32. The predicted octanol–water partition coefficient (Wildman–Crippen LogP) is 3.57. The van der Waals surface area contributed by atoms with Crippen molar-refractivity contribution in [1.82, 2.24) is 9.88 Å². The molecule has 0 aliphatic heterocycles. The maximum atomic E-state index is 12.9. The summed E-state index contributed by atoms with van der Waals surface area (Å²) in [4.78, 5) is 30.0. The third-order valence-corrected chi connectivity index (χ3v) is 4.97. The van der Waals surface area contributed by atoms with Crippen molar-refractivity contribution in [3.63, 3.8) is 0 Å². The van der Waals surface area contributed by atoms with Crippen LogP contribution in [0.5, 0.6) is 5.75 Å². The van der Waals surface area contributed by atoms with E-state index in [1.165, 1.54) is 12.0 Å². The molecule has 0 radical (unpaired) electrons. The lowest BCUT2D eigenvalue weighted by Gasteiger charge is -2.23. The number of methoxy groups -OCH3 is 1. The summed E-state index contributed by atoms with van der Waals surface area (Å²) in [7, 11) is 1.53. The fourth-order valence-corrected chi connectivity index (χ4v) is 3.50. The minimum Gasteiger partial charge on any atom is -0.495 e. The summed E-state index contributed by atoms with van der Waals surface area (Å²) < 4.78 is 5.29. The number of amides is 2. The monoisotopic (exact) mass is 409 g/mol. The summed E-state index contributed by atoms with van der Waals surface area (Å²) >= 11 is 0. The van der Waals surface area contributed by atoms with Gasteiger partial charge in [0.2, 0.25) is 0 Å². The van der Waals surface area contributed by atoms with Crippen molar-refractivity contribution >= 4 is 22.6 Å². The van der Waals surface area contributed by atoms with Crippen molar-refractivity contribution in [1.29, 1.82) is 0 Å². The lowest BCUT2D eigenvalue weighted by atomic mass is 10.0. The zero-order valence-corrected chi connectivity index (χ0v) is 17.5. The number of para-hydroxylation sites is 2. The molecule has 2 amide bonds. The summed E-state index contributed by atoms with van der Waals surface area (Å²) in [5, 5.41) is 13.0. The maximum absolute atomic E-state index is 12.9. The lowest BCUT2D eigenvalue weighted by Crippen LogP contribution is -2.37. The van der Waals surface area contributed by atoms with Gasteiger partial charge in [0, 0.05) is 29.6 Å². The third kappa shape index (κ3) is 4.80. The summed E-state index contributed by atoms with van der Waals surface area (Å²) in [6.07, 6.45) is 0.406. The van der Waals surface area contributed by atoms with Crippen LogP contribution in [0.2, 0.25) is 0 Å². The largest absolute Gasteiger partial charge is 0.495 e. The minimum absolute atomic E-state index is 0.0507. The second-order valence-electron chi connectivity index (χ2n) is 7.30. The maximum Gasteiger partial charge on any atom is 0.322 e. The number of benzene rings is 2. The van der Waals surface area contributed by atoms with E-state index in [1.54, 1.807) is 18.2 Å². The first-order valence-electron chi connectivity index (χ1n) is 9.86. The smallest absolute Gasteiger partial charge is 0.322 e. The van der Waals surface area contributed by atoms with Gasteiger partial charge in [-0.2, -0.15) is 0 Å². The van der Waals surface area contributed by atoms with Crippen LogP contribution >= 0.6 is 0 Å². The summed E-state index contributed by atoms with van der Waals surface area (Å²) in [5.74, 6) is 0.544. The zero-order chi connectivity index (χ0) is 21.7. The van der Waals surface area contributed by atoms with Crippen molar-refractivity contribution in [2.45, 2.75) is 26.8 Å². The van der Waals surface area contributed by atoms with Crippen LogP contribution < -0.4 is 15.6 Å². The average molecular weight is 409 g/mol. The van der Waals surface area contributed by atoms with E-state index in [1.807, 2.05) is 32.0 Å². The third-order valence-electron chi connectivity index (χ3n) is 4.97. The molecule has 0 unspecified atom stereocenters. The van der Waals surface area contributed by atoms with Crippen molar-refractivity contribution < 1.29 is 14.6 Å². The molecule has 158 valence electrons. The van der Waals surface area contributed by atoms with Crippen LogP contribution in [0.15, 0.2) is 47.3 Å². The molecule has 7 nitrogen and oxygen atoms in total. The molecule has 3 N–H and O–H groups in total. The molecule has 7 heteroatoms. The van der Waals surface area contributed by atoms with Gasteiger partial charge in [0.25, 0.3) is 5.56 Å². The highest BCUT2D eigenvalue weighted by Gasteiger charge is 2.18. The molecule has 0 spiro atoms. The van der Waals surface area contributed by atoms with Gasteiger partial charge in [-0.05, 0) is 55.7 Å². The number of pyridine rings is 1. The van der Waals surface area contributed by atoms with Crippen LogP contribution in [-0.4, -0.2) is 41.3 Å². The molecule has 2 aromatic carbocycles. The van der Waals surface area contributed by atoms with Crippen molar-refractivity contribution in [3.8, 4) is 5.75 Å². The van der Waals surface area contributed by atoms with E-state index in [9.17, 15) is 14.7 Å². The highest BCUT2D eigenvalue weighted by molar-refractivity contribution is 5.91. The minimum atomic E-state index is -0.368. The van der Waals surface area contributed by atoms with Crippen LogP contribution in [0.4, 0.5) is 10.5 Å². The number of nitrogens with zero attached hydrogens (tertiary/aromatic N) is 1. The van der Waals surface area contributed by atoms with Gasteiger partial charge in [0.1, 0.15) is 5.75 Å². The first kappa shape index (κ1) is 21.4. The number of carbonyl (C=O) groups excluding carboxylic acids is 1. The molecule has 0 saturated carbocycles. The number of urea groups is 1. The fraction of sp³-hybridized carbons (Fsp3) is 0.304. The van der Waals surface area contributed by atoms with E-state index in [-0.39, 0.29) is 24.7 Å². The van der Waals surface area contributed by atoms with Crippen LogP contribution in [0.25, 0.3) is 10.9 Å². The van der Waals surface area contributed by atoms with E-state index in [0.29, 0.717) is 30.0 Å². The number of aromatic nitrogens is 1. The van der Waals surface area contributed by atoms with Gasteiger partial charge in [-0.25, -0.2) is 4.79 Å². The molecular weight excluding hydrogens is 382 g/mol. The van der Waals surface area contributed by atoms with Gasteiger partial charge in [0.15, 0.2) is 0 Å². The van der Waals surface area contributed by atoms with Gasteiger partial charge in [-0.3, -0.25) is 4.79 Å². The molecule has 30 heavy (non-hydrogen) atoms. The topological polar surface area (TPSA) is 94.7 Å². The normalized spacial score (nSPS) is 10.8. The number of aromatic amines is 1. The van der Waals surface area contributed by atoms with Crippen molar-refractivity contribution in [3.05, 3.63) is 69.5 Å². The molecule has 0 saturated heterocycles. The van der Waals surface area contributed by atoms with E-state index in [4.69, 9.17) is 4.74 Å². The van der Waals surface area contributed by atoms with E-state index in [0.717, 1.165) is 22.0 Å². The predicted molar refractivity (Wildman–Crippen MR) is 118 cm³/mol. The first-order chi connectivity index (χ1) is 14.4. The van der Waals surface area contributed by atoms with Crippen LogP contribution in [0.3, 0.4) is 0 Å². The number of nitrogens with one attached hydrogen (secondary N) is 2. The van der Waals surface area contributed by atoms with Crippen LogP contribution in [-0.2, 0) is 6.54 Å². The Morgan fingerprint density at radius 2 is 1.97 bits per heavy atom. The number of fused-ring (bicyclic) bond motifs is 1. The number of rotatable bonds is 7. The average Bonchev–Trinajstić information content (AvgIpc) is 2.71. The molecule has 1 aromatic heterocycles.